The van der Waals surface area contributed by atoms with Crippen LogP contribution in [0, 0.1) is 12.7 Å². The van der Waals surface area contributed by atoms with Crippen LogP contribution >= 0.6 is 0 Å². The van der Waals surface area contributed by atoms with E-state index in [1.807, 2.05) is 4.72 Å². The molecule has 1 aliphatic rings. The Morgan fingerprint density at radius 1 is 1.02 bits per heavy atom. The lowest BCUT2D eigenvalue weighted by Gasteiger charge is -2.38. The van der Waals surface area contributed by atoms with Crippen LogP contribution in [0.25, 0.3) is 0 Å². The zero-order valence-electron chi connectivity index (χ0n) is 22.3. The lowest BCUT2D eigenvalue weighted by Crippen LogP contribution is -2.53. The lowest BCUT2D eigenvalue weighted by molar-refractivity contribution is -0.330. The molecular formula is C24H21F8N3O7S2. The highest BCUT2D eigenvalue weighted by molar-refractivity contribution is 7.93. The number of hydrogen-bond donors (Lipinski definition) is 1. The maximum Gasteiger partial charge on any atom is 0.418 e. The summed E-state index contributed by atoms with van der Waals surface area (Å²) in [6.45, 7) is -5.82. The van der Waals surface area contributed by atoms with Gasteiger partial charge in [0.15, 0.2) is 11.4 Å². The maximum atomic E-state index is 14.4. The van der Waals surface area contributed by atoms with E-state index in [0.29, 0.717) is 17.8 Å². The number of anilines is 1. The number of pyridine rings is 1. The predicted molar refractivity (Wildman–Crippen MR) is 134 cm³/mol. The maximum absolute atomic E-state index is 14.4. The number of hydrogen-bond acceptors (Lipinski definition) is 8. The van der Waals surface area contributed by atoms with Gasteiger partial charge < -0.3 is 14.2 Å². The summed E-state index contributed by atoms with van der Waals surface area (Å²) < 4.78 is 177. The lowest BCUT2D eigenvalue weighted by atomic mass is 9.83. The smallest absolute Gasteiger partial charge is 0.418 e. The van der Waals surface area contributed by atoms with Gasteiger partial charge in [0.05, 0.1) is 12.0 Å². The molecule has 0 amide bonds. The third-order valence-electron chi connectivity index (χ3n) is 6.62. The quantitative estimate of drug-likeness (QED) is 0.297. The van der Waals surface area contributed by atoms with Crippen molar-refractivity contribution in [3.8, 4) is 11.8 Å². The molecule has 44 heavy (non-hydrogen) atoms. The van der Waals surface area contributed by atoms with E-state index in [1.165, 1.54) is 12.1 Å². The molecule has 2 heterocycles. The predicted octanol–water partition coefficient (Wildman–Crippen LogP) is 5.01. The van der Waals surface area contributed by atoms with Crippen molar-refractivity contribution in [3.63, 3.8) is 0 Å². The van der Waals surface area contributed by atoms with Crippen LogP contribution in [-0.2, 0) is 37.6 Å². The first kappa shape index (κ1) is 33.2. The third kappa shape index (κ3) is 6.27. The van der Waals surface area contributed by atoms with E-state index < -0.39 is 109 Å². The average molecular weight is 680 g/mol. The molecule has 0 bridgehead atoms. The van der Waals surface area contributed by atoms with E-state index in [-0.39, 0.29) is 3.97 Å². The first-order valence-corrected chi connectivity index (χ1v) is 15.0. The minimum absolute atomic E-state index is 0.228. The van der Waals surface area contributed by atoms with Gasteiger partial charge in [-0.1, -0.05) is 17.7 Å². The molecule has 1 atom stereocenters. The minimum Gasteiger partial charge on any atom is -0.479 e. The molecule has 2 aromatic heterocycles. The zero-order valence-corrected chi connectivity index (χ0v) is 24.0. The Kier molecular flexibility index (Phi) is 8.84. The molecule has 0 fully saturated rings. The molecule has 1 N–H and O–H groups in total. The SMILES string of the molecule is COc1nc(OC(F)F)c(F)cc1NS(=O)(=O)c1cn(S(=O)(=O)c2ccc(C)cc2)c2c1CC[C@](OC(F)F)(C(F)(F)F)C2. The van der Waals surface area contributed by atoms with Crippen molar-refractivity contribution in [2.24, 2.45) is 0 Å². The minimum atomic E-state index is -5.44. The fourth-order valence-corrected chi connectivity index (χ4v) is 7.39. The Hall–Kier alpha value is -3.65. The summed E-state index contributed by atoms with van der Waals surface area (Å²) in [6.07, 6.45) is -8.61. The Bertz CT molecular complexity index is 1760. The van der Waals surface area contributed by atoms with Crippen LogP contribution < -0.4 is 14.2 Å². The summed E-state index contributed by atoms with van der Waals surface area (Å²) >= 11 is 0. The normalized spacial score (nSPS) is 17.5. The van der Waals surface area contributed by atoms with Crippen molar-refractivity contribution in [3.05, 3.63) is 59.2 Å². The molecule has 1 aliphatic carbocycles. The van der Waals surface area contributed by atoms with Crippen molar-refractivity contribution >= 4 is 25.7 Å². The Labute approximate surface area is 244 Å². The van der Waals surface area contributed by atoms with Gasteiger partial charge in [-0.2, -0.15) is 35.7 Å². The van der Waals surface area contributed by atoms with Gasteiger partial charge in [0.25, 0.3) is 25.9 Å². The van der Waals surface area contributed by atoms with Crippen LogP contribution in [0.3, 0.4) is 0 Å². The fourth-order valence-electron chi connectivity index (χ4n) is 4.58. The summed E-state index contributed by atoms with van der Waals surface area (Å²) in [5.41, 5.74) is -5.07. The van der Waals surface area contributed by atoms with Gasteiger partial charge in [0, 0.05) is 24.4 Å². The summed E-state index contributed by atoms with van der Waals surface area (Å²) in [5.74, 6) is -3.59. The van der Waals surface area contributed by atoms with Crippen molar-refractivity contribution in [1.82, 2.24) is 8.96 Å². The molecule has 3 aromatic rings. The van der Waals surface area contributed by atoms with Gasteiger partial charge in [-0.25, -0.2) is 25.2 Å². The standard InChI is InChI=1S/C24H21F8N3O7S2/c1-12-3-5-13(6-4-12)44(38,39)35-11-18(14-7-8-23(10-17(14)35,24(30,31)32)42-22(28)29)43(36,37)34-16-9-15(25)19(41-21(26)27)33-20(16)40-2/h3-6,9,11,21-22,34H,7-8,10H2,1-2H3/t23-/m1/s1. The van der Waals surface area contributed by atoms with Crippen LogP contribution in [0.4, 0.5) is 40.8 Å². The van der Waals surface area contributed by atoms with Gasteiger partial charge in [-0.15, -0.1) is 0 Å². The Morgan fingerprint density at radius 2 is 1.66 bits per heavy atom. The number of aryl methyl sites for hydroxylation is 1. The molecule has 20 heteroatoms. The van der Waals surface area contributed by atoms with Gasteiger partial charge in [0.2, 0.25) is 5.88 Å². The van der Waals surface area contributed by atoms with E-state index in [2.05, 4.69) is 14.5 Å². The second-order valence-corrected chi connectivity index (χ2v) is 12.9. The monoisotopic (exact) mass is 679 g/mol. The highest BCUT2D eigenvalue weighted by atomic mass is 32.2. The molecule has 10 nitrogen and oxygen atoms in total. The molecule has 0 saturated heterocycles. The topological polar surface area (TPSA) is 126 Å². The number of rotatable bonds is 10. The van der Waals surface area contributed by atoms with Crippen molar-refractivity contribution < 1.29 is 66.2 Å². The van der Waals surface area contributed by atoms with Gasteiger partial charge in [-0.05, 0) is 37.5 Å². The second kappa shape index (κ2) is 11.7. The number of benzene rings is 1. The highest BCUT2D eigenvalue weighted by Crippen LogP contribution is 2.47. The van der Waals surface area contributed by atoms with E-state index in [4.69, 9.17) is 4.74 Å². The first-order chi connectivity index (χ1) is 20.3. The van der Waals surface area contributed by atoms with Crippen molar-refractivity contribution in [2.45, 2.75) is 61.0 Å². The first-order valence-electron chi connectivity index (χ1n) is 12.1. The average Bonchev–Trinajstić information content (AvgIpc) is 3.29. The largest absolute Gasteiger partial charge is 0.479 e. The van der Waals surface area contributed by atoms with E-state index >= 15 is 0 Å². The fraction of sp³-hybridized carbons (Fsp3) is 0.375. The van der Waals surface area contributed by atoms with Gasteiger partial charge in [0.1, 0.15) is 10.6 Å². The van der Waals surface area contributed by atoms with Crippen LogP contribution in [0.2, 0.25) is 0 Å². The Morgan fingerprint density at radius 3 is 2.20 bits per heavy atom. The molecule has 0 unspecified atom stereocenters. The van der Waals surface area contributed by atoms with Crippen LogP contribution in [0.5, 0.6) is 11.8 Å². The number of halogens is 8. The summed E-state index contributed by atoms with van der Waals surface area (Å²) in [5, 5.41) is 0. The van der Waals surface area contributed by atoms with Crippen LogP contribution in [0.15, 0.2) is 46.3 Å². The third-order valence-corrected chi connectivity index (χ3v) is 9.76. The van der Waals surface area contributed by atoms with Crippen LogP contribution in [-0.4, -0.2) is 57.9 Å². The summed E-state index contributed by atoms with van der Waals surface area (Å²) in [7, 11) is -8.97. The molecular weight excluding hydrogens is 658 g/mol. The van der Waals surface area contributed by atoms with E-state index in [9.17, 15) is 52.0 Å². The number of nitrogens with zero attached hydrogens (tertiary/aromatic N) is 2. The van der Waals surface area contributed by atoms with Crippen molar-refractivity contribution in [1.29, 1.82) is 0 Å². The van der Waals surface area contributed by atoms with Gasteiger partial charge >= 0.3 is 19.4 Å². The van der Waals surface area contributed by atoms with Crippen LogP contribution in [0.1, 0.15) is 23.2 Å². The molecule has 4 rings (SSSR count). The number of fused-ring (bicyclic) bond motifs is 1. The number of aromatic nitrogens is 2. The Balaban J connectivity index is 1.90. The number of sulfonamides is 1. The summed E-state index contributed by atoms with van der Waals surface area (Å²) in [6, 6.07) is 5.27. The molecule has 0 spiro atoms. The molecule has 0 aliphatic heterocycles. The number of methoxy groups -OCH3 is 1. The number of nitrogens with one attached hydrogen (secondary N) is 1. The van der Waals surface area contributed by atoms with E-state index in [0.717, 1.165) is 19.2 Å². The number of ether oxygens (including phenoxy) is 3. The molecule has 0 radical (unpaired) electrons. The second-order valence-electron chi connectivity index (χ2n) is 9.40. The zero-order chi connectivity index (χ0) is 32.8. The van der Waals surface area contributed by atoms with Crippen molar-refractivity contribution in [2.75, 3.05) is 11.8 Å². The molecule has 0 saturated carbocycles. The number of alkyl halides is 7. The summed E-state index contributed by atoms with van der Waals surface area (Å²) in [4.78, 5) is 1.94. The highest BCUT2D eigenvalue weighted by Gasteiger charge is 2.60. The molecule has 242 valence electrons. The van der Waals surface area contributed by atoms with E-state index in [1.54, 1.807) is 6.92 Å². The van der Waals surface area contributed by atoms with Gasteiger partial charge in [-0.3, -0.25) is 4.72 Å². The molecule has 1 aromatic carbocycles.